The van der Waals surface area contributed by atoms with Gasteiger partial charge in [-0.3, -0.25) is 0 Å². The van der Waals surface area contributed by atoms with Gasteiger partial charge in [0.1, 0.15) is 0 Å². The molecule has 1 aromatic heterocycles. The molecule has 0 saturated heterocycles. The summed E-state index contributed by atoms with van der Waals surface area (Å²) in [6.07, 6.45) is 2.79. The Morgan fingerprint density at radius 1 is 1.21 bits per heavy atom. The summed E-state index contributed by atoms with van der Waals surface area (Å²) >= 11 is 6.14. The van der Waals surface area contributed by atoms with E-state index in [0.717, 1.165) is 17.7 Å². The zero-order valence-corrected chi connectivity index (χ0v) is 12.3. The lowest BCUT2D eigenvalue weighted by atomic mass is 10.0. The van der Waals surface area contributed by atoms with Crippen molar-refractivity contribution in [2.75, 3.05) is 5.32 Å². The fourth-order valence-corrected chi connectivity index (χ4v) is 2.30. The SMILES string of the molecule is CCc1ccc(C(C)Nc2c(C)ccnc2Cl)cc1. The Labute approximate surface area is 119 Å². The van der Waals surface area contributed by atoms with Crippen LogP contribution in [0.4, 0.5) is 5.69 Å². The number of benzene rings is 1. The van der Waals surface area contributed by atoms with Gasteiger partial charge in [0.25, 0.3) is 0 Å². The van der Waals surface area contributed by atoms with E-state index in [4.69, 9.17) is 11.6 Å². The fraction of sp³-hybridized carbons (Fsp3) is 0.312. The molecule has 2 nitrogen and oxygen atoms in total. The second-order valence-electron chi connectivity index (χ2n) is 4.75. The lowest BCUT2D eigenvalue weighted by Gasteiger charge is -2.18. The van der Waals surface area contributed by atoms with Crippen LogP contribution in [0.15, 0.2) is 36.5 Å². The van der Waals surface area contributed by atoms with Gasteiger partial charge in [-0.2, -0.15) is 0 Å². The maximum atomic E-state index is 6.14. The van der Waals surface area contributed by atoms with E-state index in [0.29, 0.717) is 5.15 Å². The average Bonchev–Trinajstić information content (AvgIpc) is 2.43. The average molecular weight is 275 g/mol. The van der Waals surface area contributed by atoms with Gasteiger partial charge >= 0.3 is 0 Å². The van der Waals surface area contributed by atoms with Gasteiger partial charge in [0.05, 0.1) is 5.69 Å². The van der Waals surface area contributed by atoms with Gasteiger partial charge in [-0.1, -0.05) is 42.8 Å². The van der Waals surface area contributed by atoms with Crippen molar-refractivity contribution in [1.29, 1.82) is 0 Å². The van der Waals surface area contributed by atoms with Crippen LogP contribution in [0.25, 0.3) is 0 Å². The van der Waals surface area contributed by atoms with Crippen LogP contribution < -0.4 is 5.32 Å². The van der Waals surface area contributed by atoms with E-state index in [-0.39, 0.29) is 6.04 Å². The number of aryl methyl sites for hydroxylation is 2. The third kappa shape index (κ3) is 3.27. The Morgan fingerprint density at radius 2 is 1.89 bits per heavy atom. The number of hydrogen-bond donors (Lipinski definition) is 1. The first-order chi connectivity index (χ1) is 9.11. The van der Waals surface area contributed by atoms with E-state index in [9.17, 15) is 0 Å². The van der Waals surface area contributed by atoms with Crippen molar-refractivity contribution in [3.8, 4) is 0 Å². The first-order valence-corrected chi connectivity index (χ1v) is 6.96. The summed E-state index contributed by atoms with van der Waals surface area (Å²) in [5.41, 5.74) is 4.62. The molecule has 1 aromatic carbocycles. The molecule has 3 heteroatoms. The van der Waals surface area contributed by atoms with Crippen molar-refractivity contribution in [3.63, 3.8) is 0 Å². The topological polar surface area (TPSA) is 24.9 Å². The fourth-order valence-electron chi connectivity index (χ4n) is 2.04. The highest BCUT2D eigenvalue weighted by atomic mass is 35.5. The minimum atomic E-state index is 0.200. The minimum absolute atomic E-state index is 0.200. The van der Waals surface area contributed by atoms with Gasteiger partial charge in [-0.05, 0) is 43.0 Å². The van der Waals surface area contributed by atoms with Crippen molar-refractivity contribution in [3.05, 3.63) is 58.4 Å². The van der Waals surface area contributed by atoms with Gasteiger partial charge in [-0.15, -0.1) is 0 Å². The van der Waals surface area contributed by atoms with Gasteiger partial charge in [-0.25, -0.2) is 4.98 Å². The Morgan fingerprint density at radius 3 is 2.47 bits per heavy atom. The zero-order valence-electron chi connectivity index (χ0n) is 11.6. The summed E-state index contributed by atoms with van der Waals surface area (Å²) < 4.78 is 0. The van der Waals surface area contributed by atoms with E-state index in [1.54, 1.807) is 6.20 Å². The van der Waals surface area contributed by atoms with Crippen LogP contribution in [0.3, 0.4) is 0 Å². The van der Waals surface area contributed by atoms with Crippen LogP contribution in [0.1, 0.15) is 36.6 Å². The molecule has 0 aliphatic rings. The standard InChI is InChI=1S/C16H19ClN2/c1-4-13-5-7-14(8-6-13)12(3)19-15-11(2)9-10-18-16(15)17/h5-10,12,19H,4H2,1-3H3. The summed E-state index contributed by atoms with van der Waals surface area (Å²) in [7, 11) is 0. The number of nitrogens with one attached hydrogen (secondary N) is 1. The van der Waals surface area contributed by atoms with Gasteiger partial charge in [0, 0.05) is 12.2 Å². The lowest BCUT2D eigenvalue weighted by Crippen LogP contribution is -2.08. The summed E-state index contributed by atoms with van der Waals surface area (Å²) in [6, 6.07) is 10.8. The molecule has 0 aliphatic carbocycles. The Balaban J connectivity index is 2.18. The van der Waals surface area contributed by atoms with Gasteiger partial charge in [0.2, 0.25) is 0 Å². The van der Waals surface area contributed by atoms with E-state index in [1.165, 1.54) is 11.1 Å². The molecular weight excluding hydrogens is 256 g/mol. The van der Waals surface area contributed by atoms with Crippen LogP contribution >= 0.6 is 11.6 Å². The van der Waals surface area contributed by atoms with E-state index in [1.807, 2.05) is 13.0 Å². The van der Waals surface area contributed by atoms with Crippen LogP contribution in [0, 0.1) is 6.92 Å². The largest absolute Gasteiger partial charge is 0.376 e. The zero-order chi connectivity index (χ0) is 13.8. The second-order valence-corrected chi connectivity index (χ2v) is 5.11. The minimum Gasteiger partial charge on any atom is -0.376 e. The number of aromatic nitrogens is 1. The molecule has 1 N–H and O–H groups in total. The van der Waals surface area contributed by atoms with Crippen molar-refractivity contribution in [1.82, 2.24) is 4.98 Å². The highest BCUT2D eigenvalue weighted by Crippen LogP contribution is 2.27. The molecule has 19 heavy (non-hydrogen) atoms. The number of halogens is 1. The lowest BCUT2D eigenvalue weighted by molar-refractivity contribution is 0.878. The van der Waals surface area contributed by atoms with E-state index in [2.05, 4.69) is 48.4 Å². The first kappa shape index (κ1) is 13.9. The Bertz CT molecular complexity index is 529. The van der Waals surface area contributed by atoms with Crippen LogP contribution in [-0.4, -0.2) is 4.98 Å². The monoisotopic (exact) mass is 274 g/mol. The van der Waals surface area contributed by atoms with Crippen molar-refractivity contribution < 1.29 is 0 Å². The maximum absolute atomic E-state index is 6.14. The summed E-state index contributed by atoms with van der Waals surface area (Å²) in [6.45, 7) is 6.32. The van der Waals surface area contributed by atoms with E-state index < -0.39 is 0 Å². The Hall–Kier alpha value is -1.54. The highest BCUT2D eigenvalue weighted by Gasteiger charge is 2.10. The smallest absolute Gasteiger partial charge is 0.152 e. The predicted molar refractivity (Wildman–Crippen MR) is 81.8 cm³/mol. The molecule has 1 unspecified atom stereocenters. The number of anilines is 1. The van der Waals surface area contributed by atoms with Crippen molar-refractivity contribution in [2.24, 2.45) is 0 Å². The molecule has 1 atom stereocenters. The van der Waals surface area contributed by atoms with Crippen LogP contribution in [0.2, 0.25) is 5.15 Å². The van der Waals surface area contributed by atoms with E-state index >= 15 is 0 Å². The quantitative estimate of drug-likeness (QED) is 0.812. The van der Waals surface area contributed by atoms with Crippen molar-refractivity contribution in [2.45, 2.75) is 33.2 Å². The molecule has 0 saturated carbocycles. The normalized spacial score (nSPS) is 12.2. The summed E-state index contributed by atoms with van der Waals surface area (Å²) in [4.78, 5) is 4.12. The predicted octanol–water partition coefficient (Wildman–Crippen LogP) is 4.78. The molecule has 100 valence electrons. The second kappa shape index (κ2) is 6.07. The Kier molecular flexibility index (Phi) is 4.43. The molecule has 0 fully saturated rings. The molecule has 0 spiro atoms. The number of nitrogens with zero attached hydrogens (tertiary/aromatic N) is 1. The van der Waals surface area contributed by atoms with Crippen LogP contribution in [0.5, 0.6) is 0 Å². The molecule has 2 aromatic rings. The molecule has 0 radical (unpaired) electrons. The van der Waals surface area contributed by atoms with Crippen LogP contribution in [-0.2, 0) is 6.42 Å². The third-order valence-electron chi connectivity index (χ3n) is 3.36. The maximum Gasteiger partial charge on any atom is 0.152 e. The van der Waals surface area contributed by atoms with Crippen molar-refractivity contribution >= 4 is 17.3 Å². The molecule has 2 rings (SSSR count). The number of rotatable bonds is 4. The molecule has 0 aliphatic heterocycles. The molecular formula is C16H19ClN2. The first-order valence-electron chi connectivity index (χ1n) is 6.58. The summed E-state index contributed by atoms with van der Waals surface area (Å²) in [5.74, 6) is 0. The number of pyridine rings is 1. The number of hydrogen-bond acceptors (Lipinski definition) is 2. The molecule has 0 amide bonds. The van der Waals surface area contributed by atoms with Gasteiger partial charge in [0.15, 0.2) is 5.15 Å². The highest BCUT2D eigenvalue weighted by molar-refractivity contribution is 6.32. The van der Waals surface area contributed by atoms with Gasteiger partial charge < -0.3 is 5.32 Å². The molecule has 0 bridgehead atoms. The summed E-state index contributed by atoms with van der Waals surface area (Å²) in [5, 5.41) is 3.96. The third-order valence-corrected chi connectivity index (χ3v) is 3.65. The molecule has 1 heterocycles.